The minimum atomic E-state index is 0.619. The van der Waals surface area contributed by atoms with Crippen LogP contribution in [-0.2, 0) is 6.42 Å². The molecule has 0 bridgehead atoms. The molecular weight excluding hydrogens is 192 g/mol. The first kappa shape index (κ1) is 9.46. The van der Waals surface area contributed by atoms with Crippen molar-refractivity contribution in [2.45, 2.75) is 19.3 Å². The van der Waals surface area contributed by atoms with Crippen molar-refractivity contribution in [1.29, 1.82) is 0 Å². The molecule has 14 heavy (non-hydrogen) atoms. The molecular formula is C11H14N2S. The van der Waals surface area contributed by atoms with Crippen LogP contribution in [0.3, 0.4) is 0 Å². The van der Waals surface area contributed by atoms with Gasteiger partial charge in [-0.1, -0.05) is 18.7 Å². The first-order valence-electron chi connectivity index (χ1n) is 4.88. The van der Waals surface area contributed by atoms with E-state index in [2.05, 4.69) is 22.6 Å². The molecule has 0 fully saturated rings. The number of imidazole rings is 1. The second-order valence-electron chi connectivity index (χ2n) is 3.65. The number of hydrogen-bond acceptors (Lipinski definition) is 1. The first-order chi connectivity index (χ1) is 6.79. The number of rotatable bonds is 3. The average Bonchev–Trinajstić information content (AvgIpc) is 2.76. The van der Waals surface area contributed by atoms with E-state index in [1.807, 2.05) is 12.3 Å². The normalized spacial score (nSPS) is 20.9. The van der Waals surface area contributed by atoms with Gasteiger partial charge in [0, 0.05) is 11.9 Å². The largest absolute Gasteiger partial charge is 0.337 e. The smallest absolute Gasteiger partial charge is 0.174 e. The Morgan fingerprint density at radius 3 is 3.14 bits per heavy atom. The van der Waals surface area contributed by atoms with Crippen molar-refractivity contribution in [2.24, 2.45) is 5.92 Å². The van der Waals surface area contributed by atoms with Gasteiger partial charge in [-0.15, -0.1) is 0 Å². The van der Waals surface area contributed by atoms with Crippen molar-refractivity contribution < 1.29 is 0 Å². The Hall–Kier alpha value is -1.09. The zero-order valence-electron chi connectivity index (χ0n) is 8.05. The van der Waals surface area contributed by atoms with E-state index in [1.54, 1.807) is 0 Å². The van der Waals surface area contributed by atoms with Crippen LogP contribution < -0.4 is 0 Å². The molecule has 74 valence electrons. The Morgan fingerprint density at radius 1 is 1.64 bits per heavy atom. The minimum absolute atomic E-state index is 0.619. The van der Waals surface area contributed by atoms with Crippen LogP contribution in [0.5, 0.6) is 0 Å². The molecule has 0 spiro atoms. The van der Waals surface area contributed by atoms with Crippen LogP contribution in [0.15, 0.2) is 30.5 Å². The van der Waals surface area contributed by atoms with E-state index in [9.17, 15) is 0 Å². The Labute approximate surface area is 88.8 Å². The van der Waals surface area contributed by atoms with Crippen LogP contribution >= 0.6 is 12.2 Å². The Bertz CT molecular complexity index is 411. The Morgan fingerprint density at radius 2 is 2.50 bits per heavy atom. The molecule has 0 radical (unpaired) electrons. The number of allylic oxidation sites excluding steroid dienone is 3. The molecule has 1 heterocycles. The third-order valence-electron chi connectivity index (χ3n) is 2.72. The molecule has 0 aliphatic heterocycles. The van der Waals surface area contributed by atoms with Gasteiger partial charge in [0.25, 0.3) is 0 Å². The SMILES string of the molecule is C=CC1=CCCC1Cc1c[nH]c(=S)[nH]1. The van der Waals surface area contributed by atoms with Gasteiger partial charge < -0.3 is 9.97 Å². The fraction of sp³-hybridized carbons (Fsp3) is 0.364. The van der Waals surface area contributed by atoms with Crippen LogP contribution in [0.4, 0.5) is 0 Å². The van der Waals surface area contributed by atoms with E-state index in [0.29, 0.717) is 10.7 Å². The summed E-state index contributed by atoms with van der Waals surface area (Å²) in [5.41, 5.74) is 2.57. The lowest BCUT2D eigenvalue weighted by Gasteiger charge is -2.09. The molecule has 1 aliphatic carbocycles. The summed E-state index contributed by atoms with van der Waals surface area (Å²) in [6, 6.07) is 0. The molecule has 1 aliphatic rings. The minimum Gasteiger partial charge on any atom is -0.337 e. The monoisotopic (exact) mass is 206 g/mol. The lowest BCUT2D eigenvalue weighted by atomic mass is 9.96. The van der Waals surface area contributed by atoms with Crippen molar-refractivity contribution in [3.63, 3.8) is 0 Å². The van der Waals surface area contributed by atoms with Crippen molar-refractivity contribution in [1.82, 2.24) is 9.97 Å². The average molecular weight is 206 g/mol. The molecule has 0 amide bonds. The molecule has 2 N–H and O–H groups in total. The molecule has 3 heteroatoms. The highest BCUT2D eigenvalue weighted by molar-refractivity contribution is 7.71. The molecule has 2 rings (SSSR count). The molecule has 1 unspecified atom stereocenters. The van der Waals surface area contributed by atoms with Gasteiger partial charge in [0.1, 0.15) is 0 Å². The summed E-state index contributed by atoms with van der Waals surface area (Å²) in [4.78, 5) is 6.13. The van der Waals surface area contributed by atoms with Crippen molar-refractivity contribution in [2.75, 3.05) is 0 Å². The van der Waals surface area contributed by atoms with Gasteiger partial charge in [-0.3, -0.25) is 0 Å². The summed E-state index contributed by atoms with van der Waals surface area (Å²) < 4.78 is 0.710. The highest BCUT2D eigenvalue weighted by Crippen LogP contribution is 2.28. The molecule has 0 saturated heterocycles. The quantitative estimate of drug-likeness (QED) is 0.731. The van der Waals surface area contributed by atoms with E-state index < -0.39 is 0 Å². The highest BCUT2D eigenvalue weighted by atomic mass is 32.1. The zero-order chi connectivity index (χ0) is 9.97. The highest BCUT2D eigenvalue weighted by Gasteiger charge is 2.17. The topological polar surface area (TPSA) is 31.6 Å². The van der Waals surface area contributed by atoms with Crippen LogP contribution in [-0.4, -0.2) is 9.97 Å². The van der Waals surface area contributed by atoms with E-state index in [-0.39, 0.29) is 0 Å². The Kier molecular flexibility index (Phi) is 2.68. The molecule has 1 aromatic rings. The van der Waals surface area contributed by atoms with Crippen molar-refractivity contribution in [3.8, 4) is 0 Å². The maximum absolute atomic E-state index is 4.99. The zero-order valence-corrected chi connectivity index (χ0v) is 8.86. The van der Waals surface area contributed by atoms with Gasteiger partial charge in [0.05, 0.1) is 0 Å². The number of aromatic nitrogens is 2. The predicted molar refractivity (Wildman–Crippen MR) is 60.7 cm³/mol. The summed E-state index contributed by atoms with van der Waals surface area (Å²) in [5, 5.41) is 0. The summed E-state index contributed by atoms with van der Waals surface area (Å²) in [5.74, 6) is 0.619. The number of nitrogens with one attached hydrogen (secondary N) is 2. The number of aromatic amines is 2. The van der Waals surface area contributed by atoms with E-state index in [4.69, 9.17) is 12.2 Å². The maximum atomic E-state index is 4.99. The van der Waals surface area contributed by atoms with Gasteiger partial charge in [-0.25, -0.2) is 0 Å². The number of hydrogen-bond donors (Lipinski definition) is 2. The fourth-order valence-electron chi connectivity index (χ4n) is 2.00. The van der Waals surface area contributed by atoms with Crippen molar-refractivity contribution >= 4 is 12.2 Å². The first-order valence-corrected chi connectivity index (χ1v) is 5.29. The van der Waals surface area contributed by atoms with E-state index >= 15 is 0 Å². The molecule has 2 nitrogen and oxygen atoms in total. The third kappa shape index (κ3) is 1.87. The Balaban J connectivity index is 2.08. The molecule has 1 aromatic heterocycles. The van der Waals surface area contributed by atoms with Gasteiger partial charge in [-0.05, 0) is 43.0 Å². The lowest BCUT2D eigenvalue weighted by molar-refractivity contribution is 0.604. The number of H-pyrrole nitrogens is 2. The maximum Gasteiger partial charge on any atom is 0.174 e. The standard InChI is InChI=1S/C11H14N2S/c1-2-8-4-3-5-9(8)6-10-7-12-11(14)13-10/h2,4,7,9H,1,3,5-6H2,(H2,12,13,14). The van der Waals surface area contributed by atoms with E-state index in [1.165, 1.54) is 24.1 Å². The fourth-order valence-corrected chi connectivity index (χ4v) is 2.19. The van der Waals surface area contributed by atoms with Gasteiger partial charge in [0.15, 0.2) is 4.77 Å². The summed E-state index contributed by atoms with van der Waals surface area (Å²) in [7, 11) is 0. The summed E-state index contributed by atoms with van der Waals surface area (Å²) in [6.07, 6.45) is 9.65. The lowest BCUT2D eigenvalue weighted by Crippen LogP contribution is -2.02. The van der Waals surface area contributed by atoms with Gasteiger partial charge in [0.2, 0.25) is 0 Å². The molecule has 0 aromatic carbocycles. The van der Waals surface area contributed by atoms with Gasteiger partial charge >= 0.3 is 0 Å². The van der Waals surface area contributed by atoms with Gasteiger partial charge in [-0.2, -0.15) is 0 Å². The van der Waals surface area contributed by atoms with Crippen molar-refractivity contribution in [3.05, 3.63) is 41.0 Å². The second-order valence-corrected chi connectivity index (χ2v) is 4.06. The second kappa shape index (κ2) is 3.96. The van der Waals surface area contributed by atoms with Crippen LogP contribution in [0, 0.1) is 10.7 Å². The molecule has 1 atom stereocenters. The summed E-state index contributed by atoms with van der Waals surface area (Å²) >= 11 is 4.99. The molecule has 0 saturated carbocycles. The summed E-state index contributed by atoms with van der Waals surface area (Å²) in [6.45, 7) is 3.83. The third-order valence-corrected chi connectivity index (χ3v) is 2.94. The van der Waals surface area contributed by atoms with E-state index in [0.717, 1.165) is 6.42 Å². The predicted octanol–water partition coefficient (Wildman–Crippen LogP) is 3.14. The van der Waals surface area contributed by atoms with Crippen LogP contribution in [0.25, 0.3) is 0 Å². The van der Waals surface area contributed by atoms with Crippen LogP contribution in [0.1, 0.15) is 18.5 Å². The van der Waals surface area contributed by atoms with Crippen LogP contribution in [0.2, 0.25) is 0 Å².